The number of rotatable bonds is 2. The molecular weight excluding hydrogens is 237 g/mol. The predicted octanol–water partition coefficient (Wildman–Crippen LogP) is 2.15. The summed E-state index contributed by atoms with van der Waals surface area (Å²) in [5.41, 5.74) is 4.43. The van der Waals surface area contributed by atoms with Gasteiger partial charge in [0.1, 0.15) is 13.4 Å². The van der Waals surface area contributed by atoms with Crippen molar-refractivity contribution in [3.63, 3.8) is 0 Å². The Balaban J connectivity index is 2.82. The van der Waals surface area contributed by atoms with Gasteiger partial charge < -0.3 is 10.1 Å². The molecule has 1 amide bonds. The summed E-state index contributed by atoms with van der Waals surface area (Å²) in [5, 5.41) is 2.88. The highest BCUT2D eigenvalue weighted by Crippen LogP contribution is 2.19. The molecule has 0 saturated carbocycles. The van der Waals surface area contributed by atoms with E-state index < -0.39 is 5.60 Å². The van der Waals surface area contributed by atoms with Gasteiger partial charge in [-0.2, -0.15) is 0 Å². The van der Waals surface area contributed by atoms with Gasteiger partial charge in [-0.25, -0.2) is 4.79 Å². The first-order valence-electron chi connectivity index (χ1n) is 6.68. The molecule has 1 atom stereocenters. The van der Waals surface area contributed by atoms with Crippen LogP contribution < -0.4 is 10.8 Å². The number of amides is 1. The number of carbonyl (C=O) groups excluding carboxylic acids is 1. The number of alkyl carbamates (subject to hydrolysis) is 1. The van der Waals surface area contributed by atoms with Gasteiger partial charge in [-0.05, 0) is 52.7 Å². The third-order valence-electron chi connectivity index (χ3n) is 3.30. The summed E-state index contributed by atoms with van der Waals surface area (Å²) in [6.45, 7) is 11.7. The largest absolute Gasteiger partial charge is 0.444 e. The second-order valence-corrected chi connectivity index (χ2v) is 6.09. The Kier molecular flexibility index (Phi) is 4.67. The Morgan fingerprint density at radius 2 is 1.84 bits per heavy atom. The van der Waals surface area contributed by atoms with Crippen molar-refractivity contribution in [1.29, 1.82) is 0 Å². The maximum atomic E-state index is 11.8. The van der Waals surface area contributed by atoms with E-state index in [2.05, 4.69) is 39.1 Å². The maximum absolute atomic E-state index is 11.8. The minimum Gasteiger partial charge on any atom is -0.444 e. The molecule has 0 spiro atoms. The highest BCUT2D eigenvalue weighted by Gasteiger charge is 2.19. The summed E-state index contributed by atoms with van der Waals surface area (Å²) in [6, 6.07) is 4.10. The van der Waals surface area contributed by atoms with Crippen LogP contribution in [0.15, 0.2) is 12.1 Å². The summed E-state index contributed by atoms with van der Waals surface area (Å²) < 4.78 is 5.27. The van der Waals surface area contributed by atoms with Gasteiger partial charge in [0.05, 0.1) is 6.04 Å². The van der Waals surface area contributed by atoms with Crippen LogP contribution in [0, 0.1) is 13.8 Å². The molecular formula is C15H24BNO2. The Morgan fingerprint density at radius 1 is 1.26 bits per heavy atom. The van der Waals surface area contributed by atoms with E-state index >= 15 is 0 Å². The summed E-state index contributed by atoms with van der Waals surface area (Å²) in [6.07, 6.45) is -0.377. The molecule has 4 heteroatoms. The highest BCUT2D eigenvalue weighted by molar-refractivity contribution is 6.33. The van der Waals surface area contributed by atoms with Crippen LogP contribution in [0.25, 0.3) is 0 Å². The normalized spacial score (nSPS) is 12.9. The fourth-order valence-electron chi connectivity index (χ4n) is 2.01. The van der Waals surface area contributed by atoms with Crippen molar-refractivity contribution >= 4 is 19.4 Å². The highest BCUT2D eigenvalue weighted by atomic mass is 16.6. The number of carbonyl (C=O) groups is 1. The minimum absolute atomic E-state index is 0.0610. The predicted molar refractivity (Wildman–Crippen MR) is 81.9 cm³/mol. The molecule has 1 unspecified atom stereocenters. The quantitative estimate of drug-likeness (QED) is 0.828. The van der Waals surface area contributed by atoms with E-state index in [-0.39, 0.29) is 12.1 Å². The molecule has 0 aliphatic heterocycles. The van der Waals surface area contributed by atoms with Crippen molar-refractivity contribution in [2.24, 2.45) is 0 Å². The molecule has 1 rings (SSSR count). The van der Waals surface area contributed by atoms with Crippen LogP contribution in [-0.2, 0) is 4.74 Å². The van der Waals surface area contributed by atoms with Crippen LogP contribution in [0.2, 0.25) is 0 Å². The first-order chi connectivity index (χ1) is 8.61. The second kappa shape index (κ2) is 5.68. The third-order valence-corrected chi connectivity index (χ3v) is 3.30. The first kappa shape index (κ1) is 15.6. The van der Waals surface area contributed by atoms with Gasteiger partial charge in [0.25, 0.3) is 0 Å². The van der Waals surface area contributed by atoms with E-state index in [1.807, 2.05) is 27.7 Å². The van der Waals surface area contributed by atoms with Gasteiger partial charge in [-0.3, -0.25) is 0 Å². The lowest BCUT2D eigenvalue weighted by molar-refractivity contribution is 0.0508. The molecule has 0 saturated heterocycles. The SMILES string of the molecule is Bc1ccc(C(C)NC(=O)OC(C)(C)C)c(C)c1C. The standard InChI is InChI=1S/C15H24BNO2/c1-9-10(2)13(16)8-7-12(9)11(3)17-14(18)19-15(4,5)6/h7-8,11H,16H2,1-6H3,(H,17,18). The zero-order valence-corrected chi connectivity index (χ0v) is 13.0. The fraction of sp³-hybridized carbons (Fsp3) is 0.533. The lowest BCUT2D eigenvalue weighted by Gasteiger charge is -2.23. The summed E-state index contributed by atoms with van der Waals surface area (Å²) in [5.74, 6) is 0. The Labute approximate surface area is 117 Å². The molecule has 0 bridgehead atoms. The third kappa shape index (κ3) is 4.30. The molecule has 0 heterocycles. The summed E-state index contributed by atoms with van der Waals surface area (Å²) >= 11 is 0. The van der Waals surface area contributed by atoms with Crippen LogP contribution >= 0.6 is 0 Å². The number of hydrogen-bond acceptors (Lipinski definition) is 2. The van der Waals surface area contributed by atoms with E-state index in [0.717, 1.165) is 5.56 Å². The fourth-order valence-corrected chi connectivity index (χ4v) is 2.01. The smallest absolute Gasteiger partial charge is 0.408 e. The molecule has 0 fully saturated rings. The second-order valence-electron chi connectivity index (χ2n) is 6.09. The van der Waals surface area contributed by atoms with Crippen LogP contribution in [0.5, 0.6) is 0 Å². The Bertz CT molecular complexity index is 478. The molecule has 19 heavy (non-hydrogen) atoms. The Hall–Kier alpha value is -1.45. The number of ether oxygens (including phenoxy) is 1. The number of hydrogen-bond donors (Lipinski definition) is 1. The van der Waals surface area contributed by atoms with Crippen molar-refractivity contribution in [3.05, 3.63) is 28.8 Å². The van der Waals surface area contributed by atoms with E-state index in [1.165, 1.54) is 16.6 Å². The average molecular weight is 261 g/mol. The van der Waals surface area contributed by atoms with Crippen LogP contribution in [0.1, 0.15) is 50.4 Å². The summed E-state index contributed by atoms with van der Waals surface area (Å²) in [4.78, 5) is 11.8. The van der Waals surface area contributed by atoms with Crippen molar-refractivity contribution < 1.29 is 9.53 Å². The van der Waals surface area contributed by atoms with Gasteiger partial charge in [-0.1, -0.05) is 23.2 Å². The molecule has 104 valence electrons. The van der Waals surface area contributed by atoms with Crippen LogP contribution in [-0.4, -0.2) is 19.5 Å². The van der Waals surface area contributed by atoms with Crippen molar-refractivity contribution in [3.8, 4) is 0 Å². The van der Waals surface area contributed by atoms with Crippen molar-refractivity contribution in [2.75, 3.05) is 0 Å². The van der Waals surface area contributed by atoms with E-state index in [0.29, 0.717) is 0 Å². The van der Waals surface area contributed by atoms with Gasteiger partial charge in [0.15, 0.2) is 0 Å². The molecule has 1 aromatic rings. The van der Waals surface area contributed by atoms with Gasteiger partial charge in [0, 0.05) is 0 Å². The van der Waals surface area contributed by atoms with Crippen LogP contribution in [0.4, 0.5) is 4.79 Å². The lowest BCUT2D eigenvalue weighted by atomic mass is 9.85. The molecule has 3 nitrogen and oxygen atoms in total. The lowest BCUT2D eigenvalue weighted by Crippen LogP contribution is -2.34. The molecule has 0 aliphatic rings. The molecule has 1 N–H and O–H groups in total. The molecule has 0 aliphatic carbocycles. The zero-order chi connectivity index (χ0) is 14.8. The molecule has 1 aromatic carbocycles. The van der Waals surface area contributed by atoms with Gasteiger partial charge >= 0.3 is 6.09 Å². The van der Waals surface area contributed by atoms with Crippen molar-refractivity contribution in [2.45, 2.75) is 53.2 Å². The zero-order valence-electron chi connectivity index (χ0n) is 13.0. The maximum Gasteiger partial charge on any atom is 0.408 e. The van der Waals surface area contributed by atoms with E-state index in [9.17, 15) is 4.79 Å². The average Bonchev–Trinajstić information content (AvgIpc) is 2.23. The summed E-state index contributed by atoms with van der Waals surface area (Å²) in [7, 11) is 2.10. The van der Waals surface area contributed by atoms with Crippen molar-refractivity contribution in [1.82, 2.24) is 5.32 Å². The topological polar surface area (TPSA) is 38.3 Å². The molecule has 0 radical (unpaired) electrons. The Morgan fingerprint density at radius 3 is 2.37 bits per heavy atom. The number of nitrogens with one attached hydrogen (secondary N) is 1. The van der Waals surface area contributed by atoms with E-state index in [4.69, 9.17) is 4.74 Å². The minimum atomic E-state index is -0.470. The van der Waals surface area contributed by atoms with Gasteiger partial charge in [0.2, 0.25) is 0 Å². The van der Waals surface area contributed by atoms with Crippen LogP contribution in [0.3, 0.4) is 0 Å². The first-order valence-corrected chi connectivity index (χ1v) is 6.68. The monoisotopic (exact) mass is 261 g/mol. The van der Waals surface area contributed by atoms with E-state index in [1.54, 1.807) is 0 Å². The van der Waals surface area contributed by atoms with Gasteiger partial charge in [-0.15, -0.1) is 0 Å². The molecule has 0 aromatic heterocycles. The number of benzene rings is 1.